The molecule has 0 bridgehead atoms. The maximum absolute atomic E-state index is 4.18. The minimum Gasteiger partial charge on any atom is -0.266 e. The first kappa shape index (κ1) is 6.34. The Morgan fingerprint density at radius 1 is 1.36 bits per heavy atom. The van der Waals surface area contributed by atoms with Crippen LogP contribution < -0.4 is 0 Å². The Labute approximate surface area is 64.7 Å². The molecule has 0 radical (unpaired) electrons. The first-order valence-corrected chi connectivity index (χ1v) is 3.52. The summed E-state index contributed by atoms with van der Waals surface area (Å²) in [5.41, 5.74) is 2.11. The number of hydrogen-bond donors (Lipinski definition) is 0. The smallest absolute Gasteiger partial charge is 0.0862 e. The van der Waals surface area contributed by atoms with E-state index in [4.69, 9.17) is 0 Å². The number of rotatable bonds is 0. The third kappa shape index (κ3) is 0.888. The fraction of sp³-hybridized carbons (Fsp3) is 0.250. The van der Waals surface area contributed by atoms with Gasteiger partial charge in [0.05, 0.1) is 17.9 Å². The summed E-state index contributed by atoms with van der Waals surface area (Å²) in [5.74, 6) is 0. The van der Waals surface area contributed by atoms with Gasteiger partial charge in [-0.15, -0.1) is 0 Å². The highest BCUT2D eigenvalue weighted by Crippen LogP contribution is 2.11. The molecule has 0 unspecified atom stereocenters. The zero-order valence-electron chi connectivity index (χ0n) is 6.57. The number of hydrogen-bond acceptors (Lipinski definition) is 2. The first-order chi connectivity index (χ1) is 5.27. The molecule has 2 rings (SSSR count). The van der Waals surface area contributed by atoms with E-state index in [-0.39, 0.29) is 0 Å². The zero-order valence-corrected chi connectivity index (χ0v) is 6.57. The molecule has 2 aromatic rings. The maximum atomic E-state index is 4.18. The second kappa shape index (κ2) is 2.05. The average Bonchev–Trinajstić information content (AvgIpc) is 2.32. The fourth-order valence-corrected chi connectivity index (χ4v) is 1.16. The van der Waals surface area contributed by atoms with Crippen molar-refractivity contribution in [3.8, 4) is 0 Å². The Hall–Kier alpha value is -1.38. The number of pyridine rings is 1. The second-order valence-electron chi connectivity index (χ2n) is 2.65. The van der Waals surface area contributed by atoms with Crippen LogP contribution in [-0.4, -0.2) is 14.8 Å². The fourth-order valence-electron chi connectivity index (χ4n) is 1.16. The molecule has 0 saturated carbocycles. The molecule has 0 aromatic carbocycles. The maximum Gasteiger partial charge on any atom is 0.0862 e. The lowest BCUT2D eigenvalue weighted by Crippen LogP contribution is -1.89. The normalized spacial score (nSPS) is 10.7. The topological polar surface area (TPSA) is 30.7 Å². The molecule has 0 aliphatic heterocycles. The summed E-state index contributed by atoms with van der Waals surface area (Å²) in [6.45, 7) is 1.98. The van der Waals surface area contributed by atoms with Gasteiger partial charge >= 0.3 is 0 Å². The highest BCUT2D eigenvalue weighted by molar-refractivity contribution is 5.77. The predicted octanol–water partition coefficient (Wildman–Crippen LogP) is 1.28. The average molecular weight is 147 g/mol. The van der Waals surface area contributed by atoms with Gasteiger partial charge in [0.15, 0.2) is 0 Å². The molecule has 11 heavy (non-hydrogen) atoms. The highest BCUT2D eigenvalue weighted by Gasteiger charge is 1.97. The molecule has 56 valence electrons. The van der Waals surface area contributed by atoms with Crippen LogP contribution >= 0.6 is 0 Å². The lowest BCUT2D eigenvalue weighted by Gasteiger charge is -1.93. The molecule has 0 spiro atoms. The van der Waals surface area contributed by atoms with Gasteiger partial charge in [-0.3, -0.25) is 9.67 Å². The summed E-state index contributed by atoms with van der Waals surface area (Å²) in [7, 11) is 1.92. The Kier molecular flexibility index (Phi) is 1.18. The minimum atomic E-state index is 1.03. The van der Waals surface area contributed by atoms with Crippen molar-refractivity contribution in [2.24, 2.45) is 7.05 Å². The number of aryl methyl sites for hydroxylation is 2. The van der Waals surface area contributed by atoms with Crippen molar-refractivity contribution in [1.29, 1.82) is 0 Å². The molecule has 0 fully saturated rings. The molecule has 0 aliphatic carbocycles. The summed E-state index contributed by atoms with van der Waals surface area (Å²) in [5, 5.41) is 5.27. The summed E-state index contributed by atoms with van der Waals surface area (Å²) < 4.78 is 1.82. The van der Waals surface area contributed by atoms with E-state index in [1.165, 1.54) is 0 Å². The van der Waals surface area contributed by atoms with E-state index in [2.05, 4.69) is 10.1 Å². The van der Waals surface area contributed by atoms with Crippen molar-refractivity contribution >= 4 is 10.9 Å². The highest BCUT2D eigenvalue weighted by atomic mass is 15.2. The molecular weight excluding hydrogens is 138 g/mol. The van der Waals surface area contributed by atoms with Crippen LogP contribution in [0.3, 0.4) is 0 Å². The predicted molar refractivity (Wildman–Crippen MR) is 43.2 cm³/mol. The molecular formula is C8H9N3. The molecule has 2 aromatic heterocycles. The molecule has 0 N–H and O–H groups in total. The largest absolute Gasteiger partial charge is 0.266 e. The first-order valence-electron chi connectivity index (χ1n) is 3.52. The summed E-state index contributed by atoms with van der Waals surface area (Å²) in [6, 6.07) is 2.03. The Balaban J connectivity index is 2.86. The van der Waals surface area contributed by atoms with E-state index in [9.17, 15) is 0 Å². The molecule has 0 amide bonds. The monoisotopic (exact) mass is 147 g/mol. The van der Waals surface area contributed by atoms with E-state index in [1.807, 2.05) is 37.1 Å². The van der Waals surface area contributed by atoms with Gasteiger partial charge in [0.25, 0.3) is 0 Å². The van der Waals surface area contributed by atoms with Crippen molar-refractivity contribution in [1.82, 2.24) is 14.8 Å². The van der Waals surface area contributed by atoms with Gasteiger partial charge in [-0.2, -0.15) is 5.10 Å². The molecule has 3 nitrogen and oxygen atoms in total. The van der Waals surface area contributed by atoms with Crippen molar-refractivity contribution in [2.45, 2.75) is 6.92 Å². The summed E-state index contributed by atoms with van der Waals surface area (Å²) in [6.07, 6.45) is 3.70. The lowest BCUT2D eigenvalue weighted by molar-refractivity contribution is 0.795. The second-order valence-corrected chi connectivity index (χ2v) is 2.65. The third-order valence-electron chi connectivity index (χ3n) is 1.77. The molecule has 2 heterocycles. The van der Waals surface area contributed by atoms with E-state index < -0.39 is 0 Å². The van der Waals surface area contributed by atoms with Gasteiger partial charge in [0.2, 0.25) is 0 Å². The van der Waals surface area contributed by atoms with Crippen molar-refractivity contribution in [3.05, 3.63) is 24.2 Å². The Morgan fingerprint density at radius 2 is 2.18 bits per heavy atom. The summed E-state index contributed by atoms with van der Waals surface area (Å²) >= 11 is 0. The van der Waals surface area contributed by atoms with Crippen LogP contribution in [0, 0.1) is 6.92 Å². The van der Waals surface area contributed by atoms with E-state index in [1.54, 1.807) is 0 Å². The van der Waals surface area contributed by atoms with Crippen LogP contribution in [0.4, 0.5) is 0 Å². The van der Waals surface area contributed by atoms with Gasteiger partial charge in [0, 0.05) is 18.1 Å². The summed E-state index contributed by atoms with van der Waals surface area (Å²) in [4.78, 5) is 4.18. The SMILES string of the molecule is Cc1cc2cnn(C)c2cn1. The van der Waals surface area contributed by atoms with E-state index >= 15 is 0 Å². The standard InChI is InChI=1S/C8H9N3/c1-6-3-7-4-10-11(2)8(7)5-9-6/h3-5H,1-2H3. The van der Waals surface area contributed by atoms with Crippen molar-refractivity contribution in [2.75, 3.05) is 0 Å². The molecule has 0 aliphatic rings. The van der Waals surface area contributed by atoms with E-state index in [0.29, 0.717) is 0 Å². The van der Waals surface area contributed by atoms with Crippen LogP contribution in [0.2, 0.25) is 0 Å². The number of fused-ring (bicyclic) bond motifs is 1. The number of aromatic nitrogens is 3. The van der Waals surface area contributed by atoms with Crippen LogP contribution in [0.25, 0.3) is 10.9 Å². The zero-order chi connectivity index (χ0) is 7.84. The van der Waals surface area contributed by atoms with Crippen molar-refractivity contribution in [3.63, 3.8) is 0 Å². The minimum absolute atomic E-state index is 1.03. The third-order valence-corrected chi connectivity index (χ3v) is 1.77. The molecule has 3 heteroatoms. The lowest BCUT2D eigenvalue weighted by atomic mass is 10.3. The van der Waals surface area contributed by atoms with E-state index in [0.717, 1.165) is 16.6 Å². The van der Waals surface area contributed by atoms with Crippen molar-refractivity contribution < 1.29 is 0 Å². The van der Waals surface area contributed by atoms with Crippen LogP contribution in [0.15, 0.2) is 18.5 Å². The van der Waals surface area contributed by atoms with Crippen LogP contribution in [-0.2, 0) is 7.05 Å². The molecule has 0 saturated heterocycles. The van der Waals surface area contributed by atoms with Gasteiger partial charge < -0.3 is 0 Å². The Morgan fingerprint density at radius 3 is 3.00 bits per heavy atom. The van der Waals surface area contributed by atoms with Gasteiger partial charge in [0.1, 0.15) is 0 Å². The van der Waals surface area contributed by atoms with Crippen LogP contribution in [0.5, 0.6) is 0 Å². The van der Waals surface area contributed by atoms with Gasteiger partial charge in [-0.25, -0.2) is 0 Å². The van der Waals surface area contributed by atoms with Gasteiger partial charge in [-0.05, 0) is 13.0 Å². The number of nitrogens with zero attached hydrogens (tertiary/aromatic N) is 3. The Bertz CT molecular complexity index is 389. The quantitative estimate of drug-likeness (QED) is 0.562. The van der Waals surface area contributed by atoms with Crippen LogP contribution in [0.1, 0.15) is 5.69 Å². The molecule has 0 atom stereocenters. The van der Waals surface area contributed by atoms with Gasteiger partial charge in [-0.1, -0.05) is 0 Å².